The van der Waals surface area contributed by atoms with Gasteiger partial charge >= 0.3 is 5.97 Å². The SMILES string of the molecule is COc1cc(/C=c2/sc3n(c2=O)C(c2ccccc2)C(C(=O)Oc2ccccc2)=C(C)N=3)cc(Br)c1OCCOc1ccc(C)c(C)c1. The molecule has 6 rings (SSSR count). The third kappa shape index (κ3) is 7.00. The second kappa shape index (κ2) is 14.5. The zero-order valence-electron chi connectivity index (χ0n) is 26.9. The Morgan fingerprint density at radius 1 is 0.896 bits per heavy atom. The van der Waals surface area contributed by atoms with Crippen LogP contribution in [0, 0.1) is 13.8 Å². The molecule has 10 heteroatoms. The highest BCUT2D eigenvalue weighted by molar-refractivity contribution is 9.10. The number of aromatic nitrogens is 1. The van der Waals surface area contributed by atoms with Crippen molar-refractivity contribution in [1.29, 1.82) is 0 Å². The highest BCUT2D eigenvalue weighted by Crippen LogP contribution is 2.37. The molecule has 5 aromatic rings. The Morgan fingerprint density at radius 2 is 1.60 bits per heavy atom. The van der Waals surface area contributed by atoms with Crippen molar-refractivity contribution in [3.63, 3.8) is 0 Å². The van der Waals surface area contributed by atoms with Gasteiger partial charge in [0.05, 0.1) is 33.4 Å². The van der Waals surface area contributed by atoms with Crippen LogP contribution in [0.25, 0.3) is 6.08 Å². The predicted octanol–water partition coefficient (Wildman–Crippen LogP) is 6.69. The Bertz CT molecular complexity index is 2190. The molecule has 1 aromatic heterocycles. The normalized spacial score (nSPS) is 14.3. The lowest BCUT2D eigenvalue weighted by Gasteiger charge is -2.24. The minimum Gasteiger partial charge on any atom is -0.493 e. The number of benzene rings is 4. The number of hydrogen-bond donors (Lipinski definition) is 0. The maximum atomic E-state index is 14.1. The fourth-order valence-corrected chi connectivity index (χ4v) is 7.03. The molecule has 0 saturated heterocycles. The number of thiazole rings is 1. The molecular formula is C38H33BrN2O6S. The maximum Gasteiger partial charge on any atom is 0.343 e. The zero-order valence-corrected chi connectivity index (χ0v) is 29.3. The molecule has 0 saturated carbocycles. The number of nitrogens with zero attached hydrogens (tertiary/aromatic N) is 2. The lowest BCUT2D eigenvalue weighted by molar-refractivity contribution is -0.130. The predicted molar refractivity (Wildman–Crippen MR) is 190 cm³/mol. The van der Waals surface area contributed by atoms with Gasteiger partial charge in [0.25, 0.3) is 5.56 Å². The molecule has 0 N–H and O–H groups in total. The summed E-state index contributed by atoms with van der Waals surface area (Å²) in [6.45, 7) is 6.53. The van der Waals surface area contributed by atoms with Gasteiger partial charge in [0.2, 0.25) is 0 Å². The van der Waals surface area contributed by atoms with Gasteiger partial charge in [-0.15, -0.1) is 0 Å². The summed E-state index contributed by atoms with van der Waals surface area (Å²) in [7, 11) is 1.57. The molecule has 4 aromatic carbocycles. The van der Waals surface area contributed by atoms with E-state index < -0.39 is 12.0 Å². The Hall–Kier alpha value is -4.93. The van der Waals surface area contributed by atoms with Crippen LogP contribution in [-0.4, -0.2) is 30.9 Å². The lowest BCUT2D eigenvalue weighted by atomic mass is 9.96. The van der Waals surface area contributed by atoms with Gasteiger partial charge in [-0.05, 0) is 101 Å². The van der Waals surface area contributed by atoms with E-state index in [0.717, 1.165) is 22.4 Å². The number of rotatable bonds is 10. The van der Waals surface area contributed by atoms with E-state index in [2.05, 4.69) is 22.9 Å². The summed E-state index contributed by atoms with van der Waals surface area (Å²) in [5.41, 5.74) is 4.38. The van der Waals surface area contributed by atoms with Gasteiger partial charge in [-0.2, -0.15) is 0 Å². The molecule has 8 nitrogen and oxygen atoms in total. The molecule has 0 radical (unpaired) electrons. The number of fused-ring (bicyclic) bond motifs is 1. The highest BCUT2D eigenvalue weighted by atomic mass is 79.9. The molecule has 244 valence electrons. The topological polar surface area (TPSA) is 88.4 Å². The molecule has 48 heavy (non-hydrogen) atoms. The summed E-state index contributed by atoms with van der Waals surface area (Å²) in [5, 5.41) is 0. The van der Waals surface area contributed by atoms with Crippen molar-refractivity contribution in [1.82, 2.24) is 4.57 Å². The van der Waals surface area contributed by atoms with E-state index in [9.17, 15) is 9.59 Å². The van der Waals surface area contributed by atoms with E-state index in [1.54, 1.807) is 48.9 Å². The number of carbonyl (C=O) groups excluding carboxylic acids is 1. The third-order valence-corrected chi connectivity index (χ3v) is 9.51. The number of methoxy groups -OCH3 is 1. The van der Waals surface area contributed by atoms with E-state index in [1.807, 2.05) is 73.7 Å². The van der Waals surface area contributed by atoms with Crippen LogP contribution in [0.3, 0.4) is 0 Å². The first kappa shape index (κ1) is 33.0. The second-order valence-electron chi connectivity index (χ2n) is 11.2. The van der Waals surface area contributed by atoms with Gasteiger partial charge in [0, 0.05) is 0 Å². The molecule has 0 spiro atoms. The Kier molecular flexibility index (Phi) is 9.93. The minimum absolute atomic E-state index is 0.274. The number of halogens is 1. The average Bonchev–Trinajstić information content (AvgIpc) is 3.38. The molecule has 2 heterocycles. The monoisotopic (exact) mass is 724 g/mol. The maximum absolute atomic E-state index is 14.1. The molecule has 1 aliphatic rings. The van der Waals surface area contributed by atoms with E-state index in [0.29, 0.717) is 55.5 Å². The van der Waals surface area contributed by atoms with Crippen molar-refractivity contribution >= 4 is 39.3 Å². The van der Waals surface area contributed by atoms with Crippen LogP contribution in [0.4, 0.5) is 0 Å². The molecule has 0 amide bonds. The molecule has 0 aliphatic carbocycles. The fraction of sp³-hybridized carbons (Fsp3) is 0.184. The molecule has 1 aliphatic heterocycles. The standard InChI is InChI=1S/C38H33BrN2O6S/c1-23-15-16-29(19-24(23)2)45-17-18-46-35-30(39)20-26(21-31(35)44-4)22-32-36(42)41-34(27-11-7-5-8-12-27)33(25(3)40-38(41)48-32)37(43)47-28-13-9-6-10-14-28/h5-16,19-22,34H,17-18H2,1-4H3/b32-22+. The third-order valence-electron chi connectivity index (χ3n) is 7.94. The lowest BCUT2D eigenvalue weighted by Crippen LogP contribution is -2.40. The van der Waals surface area contributed by atoms with Crippen molar-refractivity contribution < 1.29 is 23.7 Å². The van der Waals surface area contributed by atoms with Crippen LogP contribution in [0.1, 0.15) is 35.2 Å². The van der Waals surface area contributed by atoms with Crippen LogP contribution in [0.15, 0.2) is 117 Å². The van der Waals surface area contributed by atoms with Gasteiger partial charge in [-0.1, -0.05) is 65.9 Å². The number of carbonyl (C=O) groups is 1. The van der Waals surface area contributed by atoms with Gasteiger partial charge < -0.3 is 18.9 Å². The van der Waals surface area contributed by atoms with Crippen LogP contribution in [0.2, 0.25) is 0 Å². The summed E-state index contributed by atoms with van der Waals surface area (Å²) in [4.78, 5) is 32.9. The highest BCUT2D eigenvalue weighted by Gasteiger charge is 2.33. The van der Waals surface area contributed by atoms with Crippen molar-refractivity contribution in [2.24, 2.45) is 4.99 Å². The quantitative estimate of drug-likeness (QED) is 0.0907. The Morgan fingerprint density at radius 3 is 2.31 bits per heavy atom. The van der Waals surface area contributed by atoms with E-state index >= 15 is 0 Å². The van der Waals surface area contributed by atoms with E-state index in [-0.39, 0.29) is 5.56 Å². The summed E-state index contributed by atoms with van der Waals surface area (Å²) in [6, 6.07) is 27.2. The van der Waals surface area contributed by atoms with Gasteiger partial charge in [0.15, 0.2) is 16.3 Å². The van der Waals surface area contributed by atoms with Gasteiger partial charge in [0.1, 0.15) is 24.7 Å². The zero-order chi connectivity index (χ0) is 33.8. The van der Waals surface area contributed by atoms with Crippen LogP contribution in [-0.2, 0) is 4.79 Å². The van der Waals surface area contributed by atoms with Gasteiger partial charge in [-0.3, -0.25) is 9.36 Å². The minimum atomic E-state index is -0.719. The molecule has 1 unspecified atom stereocenters. The first-order chi connectivity index (χ1) is 23.2. The Labute approximate surface area is 290 Å². The van der Waals surface area contributed by atoms with Crippen molar-refractivity contribution in [3.8, 4) is 23.0 Å². The molecule has 0 bridgehead atoms. The first-order valence-corrected chi connectivity index (χ1v) is 16.9. The average molecular weight is 726 g/mol. The summed E-state index contributed by atoms with van der Waals surface area (Å²) in [5.74, 6) is 1.66. The number of hydrogen-bond acceptors (Lipinski definition) is 8. The number of ether oxygens (including phenoxy) is 4. The van der Waals surface area contributed by atoms with Crippen LogP contribution in [0.5, 0.6) is 23.0 Å². The largest absolute Gasteiger partial charge is 0.493 e. The van der Waals surface area contributed by atoms with Crippen molar-refractivity contribution in [2.45, 2.75) is 26.8 Å². The Balaban J connectivity index is 1.30. The van der Waals surface area contributed by atoms with Crippen LogP contribution < -0.4 is 33.8 Å². The fourth-order valence-electron chi connectivity index (χ4n) is 5.41. The molecular weight excluding hydrogens is 692 g/mol. The number of para-hydroxylation sites is 1. The smallest absolute Gasteiger partial charge is 0.343 e. The van der Waals surface area contributed by atoms with Crippen LogP contribution >= 0.6 is 27.3 Å². The summed E-state index contributed by atoms with van der Waals surface area (Å²) >= 11 is 4.87. The number of esters is 1. The number of aryl methyl sites for hydroxylation is 2. The number of allylic oxidation sites excluding steroid dienone is 1. The summed E-state index contributed by atoms with van der Waals surface area (Å²) in [6.07, 6.45) is 1.78. The molecule has 1 atom stereocenters. The second-order valence-corrected chi connectivity index (χ2v) is 13.0. The van der Waals surface area contributed by atoms with E-state index in [4.69, 9.17) is 23.9 Å². The van der Waals surface area contributed by atoms with Crippen molar-refractivity contribution in [2.75, 3.05) is 20.3 Å². The van der Waals surface area contributed by atoms with Crippen molar-refractivity contribution in [3.05, 3.63) is 149 Å². The first-order valence-electron chi connectivity index (χ1n) is 15.3. The molecule has 0 fully saturated rings. The van der Waals surface area contributed by atoms with E-state index in [1.165, 1.54) is 16.9 Å². The van der Waals surface area contributed by atoms with Gasteiger partial charge in [-0.25, -0.2) is 9.79 Å². The summed E-state index contributed by atoms with van der Waals surface area (Å²) < 4.78 is 26.0.